The molecule has 0 bridgehead atoms. The monoisotopic (exact) mass is 489 g/mol. The zero-order chi connectivity index (χ0) is 24.9. The number of ether oxygens (including phenoxy) is 3. The third-order valence-electron chi connectivity index (χ3n) is 5.48. The van der Waals surface area contributed by atoms with Crippen LogP contribution in [-0.4, -0.2) is 61.2 Å². The van der Waals surface area contributed by atoms with Gasteiger partial charge in [-0.3, -0.25) is 0 Å². The lowest BCUT2D eigenvalue weighted by molar-refractivity contribution is 0.146. The molecule has 0 fully saturated rings. The van der Waals surface area contributed by atoms with Gasteiger partial charge in [0.2, 0.25) is 0 Å². The molecule has 3 heterocycles. The molecule has 0 aliphatic heterocycles. The maximum Gasteiger partial charge on any atom is 0.165 e. The molecular formula is C25H24FN7O3. The van der Waals surface area contributed by atoms with Gasteiger partial charge in [0.15, 0.2) is 17.2 Å². The number of hydrogen-bond donors (Lipinski definition) is 0. The fourth-order valence-electron chi connectivity index (χ4n) is 3.74. The lowest BCUT2D eigenvalue weighted by atomic mass is 10.1. The van der Waals surface area contributed by atoms with Crippen molar-refractivity contribution in [2.24, 2.45) is 0 Å². The zero-order valence-electron chi connectivity index (χ0n) is 19.8. The Morgan fingerprint density at radius 2 is 1.86 bits per heavy atom. The van der Waals surface area contributed by atoms with Crippen molar-refractivity contribution in [1.29, 1.82) is 0 Å². The molecule has 2 aromatic carbocycles. The van der Waals surface area contributed by atoms with E-state index in [-0.39, 0.29) is 11.9 Å². The third-order valence-corrected chi connectivity index (χ3v) is 5.48. The molecule has 0 N–H and O–H groups in total. The van der Waals surface area contributed by atoms with Crippen molar-refractivity contribution < 1.29 is 18.6 Å². The van der Waals surface area contributed by atoms with Gasteiger partial charge in [-0.15, -0.1) is 5.10 Å². The van der Waals surface area contributed by atoms with Gasteiger partial charge in [-0.25, -0.2) is 18.6 Å². The summed E-state index contributed by atoms with van der Waals surface area (Å²) in [7, 11) is 1.64. The van der Waals surface area contributed by atoms with E-state index in [1.54, 1.807) is 30.0 Å². The predicted molar refractivity (Wildman–Crippen MR) is 129 cm³/mol. The normalized spacial score (nSPS) is 12.1. The number of nitrogens with zero attached hydrogens (tertiary/aromatic N) is 7. The second kappa shape index (κ2) is 10.5. The lowest BCUT2D eigenvalue weighted by Gasteiger charge is -2.15. The summed E-state index contributed by atoms with van der Waals surface area (Å²) >= 11 is 0. The highest BCUT2D eigenvalue weighted by Crippen LogP contribution is 2.30. The number of aromatic nitrogens is 7. The van der Waals surface area contributed by atoms with Crippen LogP contribution >= 0.6 is 0 Å². The van der Waals surface area contributed by atoms with Gasteiger partial charge in [0, 0.05) is 24.4 Å². The standard InChI is InChI=1S/C25H24FN7O3/c1-17(15-32-16-27-30-31-32)36-24-13-19(5-8-22(24)26)23-9-10-33-25(29-23)21(14-28-33)18-3-6-20(7-4-18)35-12-11-34-2/h3-10,13-14,16-17H,11-12,15H2,1-2H3/t17-/m0/s1. The van der Waals surface area contributed by atoms with Crippen molar-refractivity contribution in [3.8, 4) is 33.9 Å². The molecule has 5 aromatic rings. The molecule has 0 unspecified atom stereocenters. The second-order valence-corrected chi connectivity index (χ2v) is 8.11. The average Bonchev–Trinajstić information content (AvgIpc) is 3.55. The van der Waals surface area contributed by atoms with Crippen molar-refractivity contribution in [1.82, 2.24) is 34.8 Å². The van der Waals surface area contributed by atoms with E-state index >= 15 is 0 Å². The van der Waals surface area contributed by atoms with Crippen molar-refractivity contribution in [3.05, 3.63) is 73.1 Å². The fraction of sp³-hybridized carbons (Fsp3) is 0.240. The Morgan fingerprint density at radius 3 is 2.64 bits per heavy atom. The third kappa shape index (κ3) is 5.15. The number of tetrazole rings is 1. The molecule has 1 atom stereocenters. The van der Waals surface area contributed by atoms with Gasteiger partial charge in [-0.05, 0) is 59.3 Å². The summed E-state index contributed by atoms with van der Waals surface area (Å²) in [6.45, 7) is 3.22. The molecule has 10 nitrogen and oxygen atoms in total. The topological polar surface area (TPSA) is 101 Å². The SMILES string of the molecule is COCCOc1ccc(-c2cnn3ccc(-c4ccc(F)c(O[C@@H](C)Cn5cnnn5)c4)nc23)cc1. The molecule has 5 rings (SSSR count). The molecule has 3 aromatic heterocycles. The summed E-state index contributed by atoms with van der Waals surface area (Å²) in [5, 5.41) is 15.4. The van der Waals surface area contributed by atoms with E-state index in [0.717, 1.165) is 22.4 Å². The molecule has 36 heavy (non-hydrogen) atoms. The molecule has 0 aliphatic carbocycles. The van der Waals surface area contributed by atoms with Gasteiger partial charge in [0.1, 0.15) is 24.8 Å². The molecule has 11 heteroatoms. The Kier molecular flexibility index (Phi) is 6.80. The minimum absolute atomic E-state index is 0.132. The van der Waals surface area contributed by atoms with E-state index in [1.165, 1.54) is 17.1 Å². The molecule has 0 saturated heterocycles. The van der Waals surface area contributed by atoms with Crippen LogP contribution in [0.5, 0.6) is 11.5 Å². The van der Waals surface area contributed by atoms with E-state index < -0.39 is 5.82 Å². The Hall–Kier alpha value is -4.38. The van der Waals surface area contributed by atoms with Crippen molar-refractivity contribution >= 4 is 5.65 Å². The van der Waals surface area contributed by atoms with E-state index in [2.05, 4.69) is 20.6 Å². The summed E-state index contributed by atoms with van der Waals surface area (Å²) in [6.07, 6.45) is 4.73. The highest BCUT2D eigenvalue weighted by atomic mass is 19.1. The van der Waals surface area contributed by atoms with Gasteiger partial charge in [0.05, 0.1) is 25.0 Å². The summed E-state index contributed by atoms with van der Waals surface area (Å²) < 4.78 is 34.3. The van der Waals surface area contributed by atoms with E-state index in [0.29, 0.717) is 31.1 Å². The van der Waals surface area contributed by atoms with Crippen LogP contribution in [-0.2, 0) is 11.3 Å². The van der Waals surface area contributed by atoms with Gasteiger partial charge in [-0.2, -0.15) is 5.10 Å². The van der Waals surface area contributed by atoms with E-state index in [1.807, 2.05) is 43.5 Å². The van der Waals surface area contributed by atoms with Gasteiger partial charge >= 0.3 is 0 Å². The van der Waals surface area contributed by atoms with Crippen LogP contribution in [0.2, 0.25) is 0 Å². The first kappa shape index (κ1) is 23.4. The van der Waals surface area contributed by atoms with Gasteiger partial charge in [-0.1, -0.05) is 12.1 Å². The minimum atomic E-state index is -0.457. The van der Waals surface area contributed by atoms with Crippen LogP contribution < -0.4 is 9.47 Å². The maximum absolute atomic E-state index is 14.5. The number of hydrogen-bond acceptors (Lipinski definition) is 8. The average molecular weight is 490 g/mol. The number of halogens is 1. The predicted octanol–water partition coefficient (Wildman–Crippen LogP) is 3.68. The number of fused-ring (bicyclic) bond motifs is 1. The smallest absolute Gasteiger partial charge is 0.165 e. The molecule has 184 valence electrons. The molecule has 0 amide bonds. The van der Waals surface area contributed by atoms with Crippen LogP contribution in [0.25, 0.3) is 28.0 Å². The quantitative estimate of drug-likeness (QED) is 0.274. The van der Waals surface area contributed by atoms with Crippen LogP contribution in [0.4, 0.5) is 4.39 Å². The summed E-state index contributed by atoms with van der Waals surface area (Å²) in [6, 6.07) is 14.3. The lowest BCUT2D eigenvalue weighted by Crippen LogP contribution is -2.20. The highest BCUT2D eigenvalue weighted by molar-refractivity contribution is 5.78. The summed E-state index contributed by atoms with van der Waals surface area (Å²) in [5.41, 5.74) is 3.89. The van der Waals surface area contributed by atoms with Gasteiger partial charge in [0.25, 0.3) is 0 Å². The van der Waals surface area contributed by atoms with Gasteiger partial charge < -0.3 is 14.2 Å². The Morgan fingerprint density at radius 1 is 1.03 bits per heavy atom. The first-order chi connectivity index (χ1) is 17.6. The van der Waals surface area contributed by atoms with Crippen LogP contribution in [0.15, 0.2) is 67.3 Å². The fourth-order valence-corrected chi connectivity index (χ4v) is 3.74. The number of methoxy groups -OCH3 is 1. The maximum atomic E-state index is 14.5. The zero-order valence-corrected chi connectivity index (χ0v) is 19.8. The largest absolute Gasteiger partial charge is 0.491 e. The minimum Gasteiger partial charge on any atom is -0.491 e. The molecule has 0 aliphatic rings. The van der Waals surface area contributed by atoms with E-state index in [4.69, 9.17) is 19.2 Å². The van der Waals surface area contributed by atoms with Crippen LogP contribution in [0.1, 0.15) is 6.92 Å². The first-order valence-corrected chi connectivity index (χ1v) is 11.3. The molecule has 0 radical (unpaired) electrons. The second-order valence-electron chi connectivity index (χ2n) is 8.11. The Balaban J connectivity index is 1.39. The number of rotatable bonds is 10. The number of benzene rings is 2. The molecule has 0 saturated carbocycles. The Labute approximate surface area is 206 Å². The van der Waals surface area contributed by atoms with Crippen molar-refractivity contribution in [2.75, 3.05) is 20.3 Å². The first-order valence-electron chi connectivity index (χ1n) is 11.3. The Bertz CT molecular complexity index is 1440. The van der Waals surface area contributed by atoms with E-state index in [9.17, 15) is 4.39 Å². The van der Waals surface area contributed by atoms with Crippen molar-refractivity contribution in [3.63, 3.8) is 0 Å². The van der Waals surface area contributed by atoms with Crippen LogP contribution in [0.3, 0.4) is 0 Å². The van der Waals surface area contributed by atoms with Crippen molar-refractivity contribution in [2.45, 2.75) is 19.6 Å². The molecule has 0 spiro atoms. The summed E-state index contributed by atoms with van der Waals surface area (Å²) in [5.74, 6) is 0.433. The highest BCUT2D eigenvalue weighted by Gasteiger charge is 2.14. The van der Waals surface area contributed by atoms with Crippen LogP contribution in [0, 0.1) is 5.82 Å². The molecular weight excluding hydrogens is 465 g/mol. The summed E-state index contributed by atoms with van der Waals surface area (Å²) in [4.78, 5) is 4.82.